The lowest BCUT2D eigenvalue weighted by molar-refractivity contribution is -0.384. The van der Waals surface area contributed by atoms with E-state index in [1.165, 1.54) is 12.1 Å². The predicted octanol–water partition coefficient (Wildman–Crippen LogP) is 3.41. The smallest absolute Gasteiger partial charge is 0.270 e. The van der Waals surface area contributed by atoms with Crippen molar-refractivity contribution >= 4 is 28.8 Å². The number of nitro groups is 1. The summed E-state index contributed by atoms with van der Waals surface area (Å²) in [5.41, 5.74) is 0.501. The minimum atomic E-state index is -0.613. The number of hydrogen-bond acceptors (Lipinski definition) is 6. The van der Waals surface area contributed by atoms with Gasteiger partial charge in [0, 0.05) is 17.5 Å². The third-order valence-corrected chi connectivity index (χ3v) is 3.94. The number of fused-ring (bicyclic) bond motifs is 1. The van der Waals surface area contributed by atoms with Crippen molar-refractivity contribution in [3.8, 4) is 5.75 Å². The molecule has 0 aliphatic heterocycles. The first-order valence-electron chi connectivity index (χ1n) is 8.12. The third kappa shape index (κ3) is 4.12. The molecule has 0 radical (unpaired) electrons. The summed E-state index contributed by atoms with van der Waals surface area (Å²) in [6.45, 7) is 1.43. The lowest BCUT2D eigenvalue weighted by atomic mass is 10.2. The monoisotopic (exact) mass is 368 g/mol. The topological polar surface area (TPSA) is 112 Å². The normalized spacial score (nSPS) is 11.7. The number of ether oxygens (including phenoxy) is 1. The summed E-state index contributed by atoms with van der Waals surface area (Å²) in [6, 6.07) is 12.6. The largest absolute Gasteiger partial charge is 0.483 e. The van der Waals surface area contributed by atoms with Crippen molar-refractivity contribution in [2.45, 2.75) is 13.0 Å². The zero-order chi connectivity index (χ0) is 19.4. The Bertz CT molecular complexity index is 977. The second-order valence-electron chi connectivity index (χ2n) is 5.86. The molecule has 0 saturated carbocycles. The van der Waals surface area contributed by atoms with Crippen molar-refractivity contribution in [1.29, 1.82) is 0 Å². The summed E-state index contributed by atoms with van der Waals surface area (Å²) in [4.78, 5) is 33.3. The fraction of sp³-hybridized carbons (Fsp3) is 0.158. The summed E-state index contributed by atoms with van der Waals surface area (Å²) in [5.74, 6) is 0.286. The van der Waals surface area contributed by atoms with E-state index in [-0.39, 0.29) is 29.6 Å². The highest BCUT2D eigenvalue weighted by atomic mass is 16.6. The average molecular weight is 368 g/mol. The molecule has 1 N–H and O–H groups in total. The summed E-state index contributed by atoms with van der Waals surface area (Å²) >= 11 is 0. The van der Waals surface area contributed by atoms with Gasteiger partial charge in [-0.1, -0.05) is 18.2 Å². The number of amides is 1. The number of para-hydroxylation sites is 1. The van der Waals surface area contributed by atoms with E-state index in [4.69, 9.17) is 9.15 Å². The number of nitrogens with one attached hydrogen (secondary N) is 1. The van der Waals surface area contributed by atoms with Crippen molar-refractivity contribution < 1.29 is 23.7 Å². The zero-order valence-corrected chi connectivity index (χ0v) is 14.4. The maximum atomic E-state index is 12.1. The lowest BCUT2D eigenvalue weighted by Gasteiger charge is -2.12. The number of non-ortho nitro benzene ring substituents is 1. The Hall–Kier alpha value is -3.68. The molecule has 0 aliphatic rings. The molecule has 0 unspecified atom stereocenters. The Kier molecular flexibility index (Phi) is 5.16. The molecule has 0 fully saturated rings. The van der Waals surface area contributed by atoms with Crippen LogP contribution in [0.4, 0.5) is 5.69 Å². The van der Waals surface area contributed by atoms with E-state index in [0.717, 1.165) is 17.0 Å². The molecule has 8 heteroatoms. The van der Waals surface area contributed by atoms with Crippen LogP contribution in [0.3, 0.4) is 0 Å². The fourth-order valence-electron chi connectivity index (χ4n) is 2.59. The van der Waals surface area contributed by atoms with Crippen LogP contribution in [0, 0.1) is 10.1 Å². The second kappa shape index (κ2) is 7.69. The molecule has 2 aromatic carbocycles. The highest BCUT2D eigenvalue weighted by molar-refractivity contribution is 5.82. The van der Waals surface area contributed by atoms with Crippen LogP contribution in [-0.4, -0.2) is 23.7 Å². The molecule has 0 aliphatic carbocycles. The quantitative estimate of drug-likeness (QED) is 0.388. The van der Waals surface area contributed by atoms with Crippen molar-refractivity contribution in [2.24, 2.45) is 0 Å². The van der Waals surface area contributed by atoms with Crippen LogP contribution < -0.4 is 10.1 Å². The summed E-state index contributed by atoms with van der Waals surface area (Å²) in [6.07, 6.45) is 0.442. The maximum absolute atomic E-state index is 12.1. The Balaban J connectivity index is 1.62. The molecule has 1 aromatic heterocycles. The maximum Gasteiger partial charge on any atom is 0.270 e. The molecule has 27 heavy (non-hydrogen) atoms. The number of aldehydes is 1. The van der Waals surface area contributed by atoms with Gasteiger partial charge in [0.2, 0.25) is 0 Å². The van der Waals surface area contributed by atoms with Crippen molar-refractivity contribution in [1.82, 2.24) is 5.32 Å². The van der Waals surface area contributed by atoms with Gasteiger partial charge in [0.1, 0.15) is 17.1 Å². The number of carbonyl (C=O) groups excluding carboxylic acids is 2. The number of furan rings is 1. The van der Waals surface area contributed by atoms with Gasteiger partial charge < -0.3 is 14.5 Å². The first-order valence-corrected chi connectivity index (χ1v) is 8.12. The van der Waals surface area contributed by atoms with E-state index in [9.17, 15) is 19.7 Å². The summed E-state index contributed by atoms with van der Waals surface area (Å²) in [7, 11) is 0. The Morgan fingerprint density at radius 1 is 1.30 bits per heavy atom. The number of nitrogens with zero attached hydrogens (tertiary/aromatic N) is 1. The van der Waals surface area contributed by atoms with E-state index >= 15 is 0 Å². The Morgan fingerprint density at radius 2 is 2.07 bits per heavy atom. The van der Waals surface area contributed by atoms with Gasteiger partial charge in [-0.15, -0.1) is 0 Å². The molecule has 0 spiro atoms. The van der Waals surface area contributed by atoms with Crippen LogP contribution in [0.2, 0.25) is 0 Å². The van der Waals surface area contributed by atoms with E-state index in [1.807, 2.05) is 30.3 Å². The van der Waals surface area contributed by atoms with Crippen LogP contribution in [0.25, 0.3) is 11.0 Å². The molecule has 1 amide bonds. The molecule has 3 rings (SSSR count). The van der Waals surface area contributed by atoms with Gasteiger partial charge in [-0.25, -0.2) is 0 Å². The van der Waals surface area contributed by atoms with Gasteiger partial charge in [-0.2, -0.15) is 0 Å². The van der Waals surface area contributed by atoms with E-state index < -0.39 is 10.8 Å². The van der Waals surface area contributed by atoms with E-state index in [2.05, 4.69) is 5.32 Å². The van der Waals surface area contributed by atoms with Gasteiger partial charge in [0.25, 0.3) is 11.6 Å². The molecule has 3 aromatic rings. The summed E-state index contributed by atoms with van der Waals surface area (Å²) in [5, 5.41) is 14.4. The predicted molar refractivity (Wildman–Crippen MR) is 96.8 cm³/mol. The molecular formula is C19H16N2O6. The SMILES string of the molecule is C[C@@H](NC(=O)COc1ccc([N+](=O)[O-])cc1C=O)c1cc2ccccc2o1. The van der Waals surface area contributed by atoms with Gasteiger partial charge in [-0.3, -0.25) is 19.7 Å². The van der Waals surface area contributed by atoms with Crippen molar-refractivity contribution in [3.05, 3.63) is 70.0 Å². The van der Waals surface area contributed by atoms with Crippen molar-refractivity contribution in [2.75, 3.05) is 6.61 Å². The zero-order valence-electron chi connectivity index (χ0n) is 14.4. The van der Waals surface area contributed by atoms with Gasteiger partial charge in [-0.05, 0) is 25.1 Å². The van der Waals surface area contributed by atoms with Crippen LogP contribution in [0.5, 0.6) is 5.75 Å². The third-order valence-electron chi connectivity index (χ3n) is 3.94. The number of nitro benzene ring substituents is 1. The number of benzene rings is 2. The Labute approximate surface area is 153 Å². The van der Waals surface area contributed by atoms with Gasteiger partial charge in [0.05, 0.1) is 16.5 Å². The Morgan fingerprint density at radius 3 is 2.78 bits per heavy atom. The fourth-order valence-corrected chi connectivity index (χ4v) is 2.59. The average Bonchev–Trinajstić information content (AvgIpc) is 3.10. The number of rotatable bonds is 7. The standard InChI is InChI=1S/C19H16N2O6/c1-12(18-9-13-4-2-3-5-17(13)27-18)20-19(23)11-26-16-7-6-15(21(24)25)8-14(16)10-22/h2-10,12H,11H2,1H3,(H,20,23)/t12-/m1/s1. The lowest BCUT2D eigenvalue weighted by Crippen LogP contribution is -2.31. The number of carbonyl (C=O) groups is 2. The minimum Gasteiger partial charge on any atom is -0.483 e. The van der Waals surface area contributed by atoms with Crippen molar-refractivity contribution in [3.63, 3.8) is 0 Å². The van der Waals surface area contributed by atoms with Crippen LogP contribution in [0.15, 0.2) is 52.9 Å². The highest BCUT2D eigenvalue weighted by Gasteiger charge is 2.16. The second-order valence-corrected chi connectivity index (χ2v) is 5.86. The van der Waals surface area contributed by atoms with Crippen LogP contribution >= 0.6 is 0 Å². The van der Waals surface area contributed by atoms with E-state index in [0.29, 0.717) is 12.0 Å². The van der Waals surface area contributed by atoms with E-state index in [1.54, 1.807) is 6.92 Å². The van der Waals surface area contributed by atoms with Gasteiger partial charge in [0.15, 0.2) is 12.9 Å². The molecule has 1 heterocycles. The molecular weight excluding hydrogens is 352 g/mol. The minimum absolute atomic E-state index is 0.00216. The van der Waals surface area contributed by atoms with Gasteiger partial charge >= 0.3 is 0 Å². The first-order chi connectivity index (χ1) is 13.0. The summed E-state index contributed by atoms with van der Waals surface area (Å²) < 4.78 is 11.0. The molecule has 1 atom stereocenters. The van der Waals surface area contributed by atoms with Crippen LogP contribution in [-0.2, 0) is 4.79 Å². The number of hydrogen-bond donors (Lipinski definition) is 1. The molecule has 0 saturated heterocycles. The highest BCUT2D eigenvalue weighted by Crippen LogP contribution is 2.24. The molecule has 138 valence electrons. The molecule has 0 bridgehead atoms. The molecule has 8 nitrogen and oxygen atoms in total. The van der Waals surface area contributed by atoms with Crippen LogP contribution in [0.1, 0.15) is 29.1 Å². The first kappa shape index (κ1) is 18.1.